The van der Waals surface area contributed by atoms with E-state index in [1.807, 2.05) is 26.1 Å². The first-order chi connectivity index (χ1) is 13.9. The summed E-state index contributed by atoms with van der Waals surface area (Å²) in [5.41, 5.74) is 6.66. The van der Waals surface area contributed by atoms with E-state index in [0.717, 1.165) is 35.1 Å². The first-order valence-electron chi connectivity index (χ1n) is 10.4. The fourth-order valence-corrected chi connectivity index (χ4v) is 4.37. The SMILES string of the molecule is CC1=NC(COc2ccc(C[C@H](BOCN)[C@H](O)CN(C)CC(C)C)cc2)CS1. The van der Waals surface area contributed by atoms with Crippen molar-refractivity contribution < 1.29 is 14.5 Å². The van der Waals surface area contributed by atoms with Crippen molar-refractivity contribution in [1.29, 1.82) is 0 Å². The first kappa shape index (κ1) is 24.2. The summed E-state index contributed by atoms with van der Waals surface area (Å²) < 4.78 is 11.3. The molecule has 1 heterocycles. The minimum Gasteiger partial charge on any atom is -0.491 e. The van der Waals surface area contributed by atoms with E-state index in [-0.39, 0.29) is 18.6 Å². The van der Waals surface area contributed by atoms with Crippen molar-refractivity contribution in [1.82, 2.24) is 4.90 Å². The molecule has 2 rings (SSSR count). The maximum atomic E-state index is 10.8. The summed E-state index contributed by atoms with van der Waals surface area (Å²) >= 11 is 1.79. The Morgan fingerprint density at radius 1 is 1.31 bits per heavy atom. The molecular formula is C21H36BN3O3S. The van der Waals surface area contributed by atoms with Gasteiger partial charge in [0.05, 0.1) is 23.9 Å². The lowest BCUT2D eigenvalue weighted by Gasteiger charge is -2.27. The lowest BCUT2D eigenvalue weighted by atomic mass is 9.72. The monoisotopic (exact) mass is 421 g/mol. The van der Waals surface area contributed by atoms with E-state index in [1.54, 1.807) is 11.8 Å². The summed E-state index contributed by atoms with van der Waals surface area (Å²) in [6.07, 6.45) is 0.266. The molecule has 8 heteroatoms. The molecule has 1 aromatic rings. The number of hydrogen-bond acceptors (Lipinski definition) is 7. The lowest BCUT2D eigenvalue weighted by Crippen LogP contribution is -2.37. The fraction of sp³-hybridized carbons (Fsp3) is 0.667. The van der Waals surface area contributed by atoms with Gasteiger partial charge in [0, 0.05) is 18.8 Å². The van der Waals surface area contributed by atoms with Crippen LogP contribution in [-0.2, 0) is 11.1 Å². The third-order valence-electron chi connectivity index (χ3n) is 4.88. The second kappa shape index (κ2) is 12.6. The average Bonchev–Trinajstić information content (AvgIpc) is 3.08. The molecule has 0 radical (unpaired) electrons. The van der Waals surface area contributed by atoms with Crippen molar-refractivity contribution >= 4 is 24.3 Å². The smallest absolute Gasteiger partial charge is 0.282 e. The highest BCUT2D eigenvalue weighted by molar-refractivity contribution is 8.14. The maximum absolute atomic E-state index is 10.8. The lowest BCUT2D eigenvalue weighted by molar-refractivity contribution is 0.108. The number of nitrogens with two attached hydrogens (primary N) is 1. The number of benzene rings is 1. The highest BCUT2D eigenvalue weighted by atomic mass is 32.2. The zero-order valence-corrected chi connectivity index (χ0v) is 19.0. The Hall–Kier alpha value is -1.06. The minimum atomic E-state index is -0.470. The highest BCUT2D eigenvalue weighted by Gasteiger charge is 2.23. The Labute approximate surface area is 180 Å². The van der Waals surface area contributed by atoms with Gasteiger partial charge in [-0.2, -0.15) is 0 Å². The molecular weight excluding hydrogens is 385 g/mol. The predicted octanol–water partition coefficient (Wildman–Crippen LogP) is 2.16. The largest absolute Gasteiger partial charge is 0.491 e. The number of likely N-dealkylation sites (N-methyl/N-ethyl adjacent to an activating group) is 1. The van der Waals surface area contributed by atoms with E-state index in [9.17, 15) is 5.11 Å². The van der Waals surface area contributed by atoms with Crippen LogP contribution >= 0.6 is 11.8 Å². The maximum Gasteiger partial charge on any atom is 0.282 e. The van der Waals surface area contributed by atoms with Gasteiger partial charge in [0.2, 0.25) is 0 Å². The topological polar surface area (TPSA) is 80.3 Å². The number of ether oxygens (including phenoxy) is 1. The summed E-state index contributed by atoms with van der Waals surface area (Å²) in [5.74, 6) is 2.41. The molecule has 1 aliphatic rings. The van der Waals surface area contributed by atoms with Crippen molar-refractivity contribution in [3.63, 3.8) is 0 Å². The molecule has 0 bridgehead atoms. The molecule has 0 aliphatic carbocycles. The third-order valence-corrected chi connectivity index (χ3v) is 5.96. The molecule has 162 valence electrons. The zero-order valence-electron chi connectivity index (χ0n) is 18.2. The van der Waals surface area contributed by atoms with Gasteiger partial charge >= 0.3 is 0 Å². The van der Waals surface area contributed by atoms with Crippen LogP contribution in [-0.4, -0.2) is 73.9 Å². The van der Waals surface area contributed by atoms with E-state index in [4.69, 9.17) is 15.1 Å². The van der Waals surface area contributed by atoms with Gasteiger partial charge < -0.3 is 25.1 Å². The quantitative estimate of drug-likeness (QED) is 0.375. The minimum absolute atomic E-state index is 0.00671. The van der Waals surface area contributed by atoms with Crippen molar-refractivity contribution in [3.05, 3.63) is 29.8 Å². The van der Waals surface area contributed by atoms with Crippen LogP contribution < -0.4 is 10.5 Å². The predicted molar refractivity (Wildman–Crippen MR) is 124 cm³/mol. The van der Waals surface area contributed by atoms with Crippen LogP contribution in [0.1, 0.15) is 26.3 Å². The van der Waals surface area contributed by atoms with Gasteiger partial charge in [0.25, 0.3) is 7.48 Å². The molecule has 0 spiro atoms. The Bertz CT molecular complexity index is 630. The number of nitrogens with zero attached hydrogens (tertiary/aromatic N) is 2. The van der Waals surface area contributed by atoms with Crippen LogP contribution in [0, 0.1) is 5.92 Å². The summed E-state index contributed by atoms with van der Waals surface area (Å²) in [4.78, 5) is 6.72. The molecule has 1 aromatic carbocycles. The molecule has 0 aromatic heterocycles. The standard InChI is InChI=1S/C21H36BN3O3S/c1-15(2)10-25(4)11-21(26)20(22-28-14-23)9-17-5-7-19(8-6-17)27-12-18-13-29-16(3)24-18/h5-8,15,18,20-22,26H,9-14,23H2,1-4H3/t18?,20-,21+/m0/s1. The number of rotatable bonds is 13. The van der Waals surface area contributed by atoms with Gasteiger partial charge in [-0.05, 0) is 49.8 Å². The molecule has 3 N–H and O–H groups in total. The van der Waals surface area contributed by atoms with E-state index in [1.165, 1.54) is 0 Å². The fourth-order valence-electron chi connectivity index (χ4n) is 3.54. The van der Waals surface area contributed by atoms with Gasteiger partial charge in [0.15, 0.2) is 0 Å². The van der Waals surface area contributed by atoms with E-state index < -0.39 is 6.10 Å². The van der Waals surface area contributed by atoms with Crippen molar-refractivity contribution in [2.45, 2.75) is 45.2 Å². The molecule has 1 unspecified atom stereocenters. The second-order valence-corrected chi connectivity index (χ2v) is 9.46. The average molecular weight is 421 g/mol. The van der Waals surface area contributed by atoms with Gasteiger partial charge in [-0.1, -0.05) is 26.0 Å². The van der Waals surface area contributed by atoms with E-state index in [0.29, 0.717) is 26.6 Å². The van der Waals surface area contributed by atoms with Crippen molar-refractivity contribution in [2.75, 3.05) is 39.2 Å². The Balaban J connectivity index is 1.88. The molecule has 6 nitrogen and oxygen atoms in total. The molecule has 0 amide bonds. The van der Waals surface area contributed by atoms with Crippen LogP contribution in [0.2, 0.25) is 5.82 Å². The number of aliphatic hydroxyl groups excluding tert-OH is 1. The van der Waals surface area contributed by atoms with Gasteiger partial charge in [-0.15, -0.1) is 11.8 Å². The number of hydrogen-bond donors (Lipinski definition) is 2. The van der Waals surface area contributed by atoms with Crippen molar-refractivity contribution in [2.24, 2.45) is 16.6 Å². The Morgan fingerprint density at radius 3 is 2.62 bits per heavy atom. The first-order valence-corrected chi connectivity index (χ1v) is 11.4. The molecule has 0 saturated carbocycles. The molecule has 3 atom stereocenters. The van der Waals surface area contributed by atoms with E-state index in [2.05, 4.69) is 35.9 Å². The van der Waals surface area contributed by atoms with Crippen LogP contribution in [0.5, 0.6) is 5.75 Å². The number of thioether (sulfide) groups is 1. The van der Waals surface area contributed by atoms with E-state index >= 15 is 0 Å². The molecule has 1 aliphatic heterocycles. The normalized spacial score (nSPS) is 18.8. The van der Waals surface area contributed by atoms with Gasteiger partial charge in [-0.25, -0.2) is 0 Å². The highest BCUT2D eigenvalue weighted by Crippen LogP contribution is 2.22. The zero-order chi connectivity index (χ0) is 21.2. The second-order valence-electron chi connectivity index (χ2n) is 8.25. The summed E-state index contributed by atoms with van der Waals surface area (Å²) in [5, 5.41) is 11.9. The Kier molecular flexibility index (Phi) is 10.5. The molecule has 29 heavy (non-hydrogen) atoms. The van der Waals surface area contributed by atoms with Crippen LogP contribution in [0.25, 0.3) is 0 Å². The van der Waals surface area contributed by atoms with Crippen LogP contribution in [0.15, 0.2) is 29.3 Å². The summed E-state index contributed by atoms with van der Waals surface area (Å²) in [6.45, 7) is 8.76. The third kappa shape index (κ3) is 9.09. The Morgan fingerprint density at radius 2 is 2.03 bits per heavy atom. The molecule has 0 saturated heterocycles. The van der Waals surface area contributed by atoms with Crippen molar-refractivity contribution in [3.8, 4) is 5.75 Å². The van der Waals surface area contributed by atoms with Crippen LogP contribution in [0.4, 0.5) is 0 Å². The summed E-state index contributed by atoms with van der Waals surface area (Å²) in [6, 6.07) is 8.36. The number of aliphatic hydroxyl groups is 1. The van der Waals surface area contributed by atoms with Gasteiger partial charge in [0.1, 0.15) is 12.4 Å². The van der Waals surface area contributed by atoms with Gasteiger partial charge in [-0.3, -0.25) is 4.99 Å². The molecule has 0 fully saturated rings. The summed E-state index contributed by atoms with van der Waals surface area (Å²) in [7, 11) is 2.49. The number of aliphatic imine (C=N–C) groups is 1. The van der Waals surface area contributed by atoms with Crippen LogP contribution in [0.3, 0.4) is 0 Å².